The van der Waals surface area contributed by atoms with E-state index in [0.29, 0.717) is 0 Å². The number of rotatable bonds is 1. The summed E-state index contributed by atoms with van der Waals surface area (Å²) in [6, 6.07) is -10.5. The van der Waals surface area contributed by atoms with Crippen LogP contribution in [0.5, 0.6) is 0 Å². The lowest BCUT2D eigenvalue weighted by atomic mass is 10.3. The molecule has 0 saturated heterocycles. The van der Waals surface area contributed by atoms with E-state index in [-0.39, 0.29) is 0 Å². The van der Waals surface area contributed by atoms with E-state index in [9.17, 15) is 35.1 Å². The smallest absolute Gasteiger partial charge is 0.390 e. The second kappa shape index (κ2) is 2.89. The zero-order valence-electron chi connectivity index (χ0n) is 6.34. The van der Waals surface area contributed by atoms with Crippen LogP contribution in [0.3, 0.4) is 0 Å². The lowest BCUT2D eigenvalue weighted by molar-refractivity contribution is -0.435. The van der Waals surface area contributed by atoms with Crippen LogP contribution in [-0.4, -0.2) is 18.1 Å². The second-order valence-corrected chi connectivity index (χ2v) is 2.36. The summed E-state index contributed by atoms with van der Waals surface area (Å²) in [6.45, 7) is 0. The summed E-state index contributed by atoms with van der Waals surface area (Å²) in [6.07, 6.45) is -6.42. The molecule has 0 unspecified atom stereocenters. The minimum absolute atomic E-state index is 2.62. The maximum atomic E-state index is 12.7. The highest BCUT2D eigenvalue weighted by molar-refractivity contribution is 4.99. The highest BCUT2D eigenvalue weighted by Gasteiger charge is 2.79. The third-order valence-electron chi connectivity index (χ3n) is 1.33. The molecule has 0 aromatic carbocycles. The monoisotopic (exact) mass is 244 g/mol. The molecule has 2 nitrogen and oxygen atoms in total. The Balaban J connectivity index is 3.01. The van der Waals surface area contributed by atoms with Crippen LogP contribution in [-0.2, 0) is 9.47 Å². The molecule has 0 fully saturated rings. The van der Waals surface area contributed by atoms with E-state index in [1.54, 1.807) is 0 Å². The first kappa shape index (κ1) is 11.9. The van der Waals surface area contributed by atoms with Gasteiger partial charge in [0.05, 0.1) is 0 Å². The van der Waals surface area contributed by atoms with Gasteiger partial charge in [0.2, 0.25) is 0 Å². The van der Waals surface area contributed by atoms with Gasteiger partial charge in [-0.15, -0.1) is 0 Å². The molecule has 0 aliphatic carbocycles. The van der Waals surface area contributed by atoms with Gasteiger partial charge in [-0.25, -0.2) is 0 Å². The predicted octanol–water partition coefficient (Wildman–Crippen LogP) is 2.92. The van der Waals surface area contributed by atoms with Crippen molar-refractivity contribution in [3.05, 3.63) is 12.0 Å². The zero-order chi connectivity index (χ0) is 12.1. The third-order valence-corrected chi connectivity index (χ3v) is 1.33. The highest BCUT2D eigenvalue weighted by atomic mass is 19.4. The van der Waals surface area contributed by atoms with Crippen LogP contribution in [0.15, 0.2) is 12.0 Å². The molecule has 0 radical (unpaired) electrons. The first-order chi connectivity index (χ1) is 6.51. The number of ether oxygens (including phenoxy) is 2. The van der Waals surface area contributed by atoms with Crippen LogP contribution in [0, 0.1) is 0 Å². The van der Waals surface area contributed by atoms with E-state index in [1.165, 1.54) is 0 Å². The van der Waals surface area contributed by atoms with Gasteiger partial charge in [0.15, 0.2) is 0 Å². The molecule has 0 saturated carbocycles. The number of halogens is 8. The molecule has 1 aliphatic rings. The molecule has 0 aromatic rings. The molecule has 88 valence electrons. The van der Waals surface area contributed by atoms with Crippen molar-refractivity contribution in [2.75, 3.05) is 0 Å². The van der Waals surface area contributed by atoms with Crippen LogP contribution in [0.4, 0.5) is 35.1 Å². The van der Waals surface area contributed by atoms with E-state index in [1.807, 2.05) is 0 Å². The number of hydrogen-bond acceptors (Lipinski definition) is 2. The van der Waals surface area contributed by atoms with Gasteiger partial charge in [-0.05, 0) is 0 Å². The van der Waals surface area contributed by atoms with Crippen LogP contribution in [0.25, 0.3) is 0 Å². The standard InChI is InChI=1S/C5F8O2/c6-1-2(7)15-5(13,14-1)3(8,9)4(10,11)12. The fourth-order valence-corrected chi connectivity index (χ4v) is 0.629. The van der Waals surface area contributed by atoms with E-state index in [0.717, 1.165) is 0 Å². The molecule has 1 rings (SSSR count). The lowest BCUT2D eigenvalue weighted by Gasteiger charge is -2.27. The molecule has 1 aliphatic heterocycles. The number of alkyl halides is 6. The Morgan fingerprint density at radius 2 is 1.20 bits per heavy atom. The topological polar surface area (TPSA) is 18.5 Å². The molecule has 0 bridgehead atoms. The van der Waals surface area contributed by atoms with Crippen molar-refractivity contribution in [2.45, 2.75) is 18.1 Å². The molecule has 0 N–H and O–H groups in total. The maximum absolute atomic E-state index is 12.7. The summed E-state index contributed by atoms with van der Waals surface area (Å²) in [5.74, 6) is -6.22. The predicted molar refractivity (Wildman–Crippen MR) is 26.3 cm³/mol. The zero-order valence-corrected chi connectivity index (χ0v) is 6.34. The molecule has 0 aromatic heterocycles. The van der Waals surface area contributed by atoms with Gasteiger partial charge in [0.25, 0.3) is 0 Å². The van der Waals surface area contributed by atoms with Crippen LogP contribution < -0.4 is 0 Å². The van der Waals surface area contributed by atoms with Crippen molar-refractivity contribution < 1.29 is 44.6 Å². The Hall–Kier alpha value is -1.22. The molecule has 0 spiro atoms. The molecule has 1 heterocycles. The van der Waals surface area contributed by atoms with Crippen molar-refractivity contribution in [2.24, 2.45) is 0 Å². The molecular formula is C5F8O2. The SMILES string of the molecule is FC1=C(F)OC(F)(C(F)(F)C(F)(F)F)O1. The summed E-state index contributed by atoms with van der Waals surface area (Å²) in [7, 11) is 0. The maximum Gasteiger partial charge on any atom is 0.488 e. The summed E-state index contributed by atoms with van der Waals surface area (Å²) < 4.78 is 101. The van der Waals surface area contributed by atoms with Gasteiger partial charge in [0.1, 0.15) is 0 Å². The van der Waals surface area contributed by atoms with Gasteiger partial charge in [0, 0.05) is 0 Å². The Kier molecular flexibility index (Phi) is 2.28. The van der Waals surface area contributed by atoms with Crippen LogP contribution in [0.2, 0.25) is 0 Å². The van der Waals surface area contributed by atoms with Crippen LogP contribution in [0.1, 0.15) is 0 Å². The largest absolute Gasteiger partial charge is 0.488 e. The average Bonchev–Trinajstić information content (AvgIpc) is 2.25. The van der Waals surface area contributed by atoms with Crippen molar-refractivity contribution in [1.82, 2.24) is 0 Å². The van der Waals surface area contributed by atoms with E-state index >= 15 is 0 Å². The first-order valence-electron chi connectivity index (χ1n) is 3.08. The summed E-state index contributed by atoms with van der Waals surface area (Å²) >= 11 is 0. The molecule has 15 heavy (non-hydrogen) atoms. The van der Waals surface area contributed by atoms with Crippen molar-refractivity contribution in [1.29, 1.82) is 0 Å². The van der Waals surface area contributed by atoms with Gasteiger partial charge in [-0.3, -0.25) is 0 Å². The normalized spacial score (nSPS) is 21.3. The van der Waals surface area contributed by atoms with E-state index in [2.05, 4.69) is 9.47 Å². The van der Waals surface area contributed by atoms with Gasteiger partial charge in [-0.1, -0.05) is 0 Å². The molecule has 0 amide bonds. The quantitative estimate of drug-likeness (QED) is 0.660. The molecule has 10 heteroatoms. The Morgan fingerprint density at radius 1 is 0.867 bits per heavy atom. The van der Waals surface area contributed by atoms with Crippen molar-refractivity contribution in [3.8, 4) is 0 Å². The van der Waals surface area contributed by atoms with E-state index < -0.39 is 30.2 Å². The van der Waals surface area contributed by atoms with Crippen molar-refractivity contribution in [3.63, 3.8) is 0 Å². The fourth-order valence-electron chi connectivity index (χ4n) is 0.629. The van der Waals surface area contributed by atoms with E-state index in [4.69, 9.17) is 0 Å². The lowest BCUT2D eigenvalue weighted by Crippen LogP contribution is -2.55. The highest BCUT2D eigenvalue weighted by Crippen LogP contribution is 2.51. The minimum atomic E-state index is -6.42. The average molecular weight is 244 g/mol. The Bertz CT molecular complexity index is 291. The second-order valence-electron chi connectivity index (χ2n) is 2.36. The first-order valence-corrected chi connectivity index (χ1v) is 3.08. The molecular weight excluding hydrogens is 244 g/mol. The van der Waals surface area contributed by atoms with Gasteiger partial charge >= 0.3 is 30.2 Å². The fraction of sp³-hybridized carbons (Fsp3) is 0.600. The minimum Gasteiger partial charge on any atom is -0.390 e. The van der Waals surface area contributed by atoms with Gasteiger partial charge in [-0.2, -0.15) is 35.1 Å². The van der Waals surface area contributed by atoms with Crippen LogP contribution >= 0.6 is 0 Å². The summed E-state index contributed by atoms with van der Waals surface area (Å²) in [4.78, 5) is 0. The van der Waals surface area contributed by atoms with Gasteiger partial charge < -0.3 is 9.47 Å². The Morgan fingerprint density at radius 3 is 1.47 bits per heavy atom. The Labute approximate surface area is 76.1 Å². The summed E-state index contributed by atoms with van der Waals surface area (Å²) in [5, 5.41) is 0. The summed E-state index contributed by atoms with van der Waals surface area (Å²) in [5.41, 5.74) is 0. The number of hydrogen-bond donors (Lipinski definition) is 0. The molecule has 0 atom stereocenters. The van der Waals surface area contributed by atoms with Crippen molar-refractivity contribution >= 4 is 0 Å². The third kappa shape index (κ3) is 1.57.